The van der Waals surface area contributed by atoms with Crippen LogP contribution in [-0.4, -0.2) is 65.7 Å². The average Bonchev–Trinajstić information content (AvgIpc) is 3.13. The van der Waals surface area contributed by atoms with Crippen LogP contribution in [-0.2, 0) is 32.7 Å². The van der Waals surface area contributed by atoms with Gasteiger partial charge in [0, 0.05) is 12.8 Å². The van der Waals surface area contributed by atoms with Crippen LogP contribution in [0, 0.1) is 0 Å². The molecule has 306 valence electrons. The van der Waals surface area contributed by atoms with Crippen molar-refractivity contribution in [3.63, 3.8) is 0 Å². The van der Waals surface area contributed by atoms with Crippen molar-refractivity contribution in [3.8, 4) is 0 Å². The van der Waals surface area contributed by atoms with Crippen molar-refractivity contribution in [2.45, 2.75) is 199 Å². The van der Waals surface area contributed by atoms with E-state index in [1.165, 1.54) is 83.5 Å². The van der Waals surface area contributed by atoms with E-state index in [1.54, 1.807) is 0 Å². The first-order valence-corrected chi connectivity index (χ1v) is 22.3. The highest BCUT2D eigenvalue weighted by molar-refractivity contribution is 7.47. The summed E-state index contributed by atoms with van der Waals surface area (Å²) < 4.78 is 32.6. The predicted molar refractivity (Wildman–Crippen MR) is 210 cm³/mol. The van der Waals surface area contributed by atoms with E-state index in [1.807, 2.05) is 0 Å². The van der Waals surface area contributed by atoms with Crippen molar-refractivity contribution in [3.05, 3.63) is 24.3 Å². The molecule has 0 rings (SSSR count). The summed E-state index contributed by atoms with van der Waals surface area (Å²) in [6.45, 7) is 2.34. The highest BCUT2D eigenvalue weighted by atomic mass is 31.2. The summed E-state index contributed by atoms with van der Waals surface area (Å²) in [5.41, 5.74) is 0. The first kappa shape index (κ1) is 50.5. The van der Waals surface area contributed by atoms with Crippen molar-refractivity contribution >= 4 is 19.8 Å². The molecule has 0 aliphatic rings. The second-order valence-electron chi connectivity index (χ2n) is 14.0. The van der Waals surface area contributed by atoms with Gasteiger partial charge in [0.25, 0.3) is 0 Å². The number of hydrogen-bond donors (Lipinski definition) is 3. The zero-order valence-corrected chi connectivity index (χ0v) is 33.9. The van der Waals surface area contributed by atoms with E-state index in [0.29, 0.717) is 12.8 Å². The smallest absolute Gasteiger partial charge is 0.462 e. The molecule has 0 saturated heterocycles. The van der Waals surface area contributed by atoms with Crippen molar-refractivity contribution < 1.29 is 47.8 Å². The van der Waals surface area contributed by atoms with Crippen LogP contribution in [0.2, 0.25) is 0 Å². The lowest BCUT2D eigenvalue weighted by atomic mass is 10.1. The number of esters is 2. The fourth-order valence-corrected chi connectivity index (χ4v) is 6.36. The number of phosphoric acid groups is 1. The number of carbonyl (C=O) groups is 2. The van der Waals surface area contributed by atoms with Gasteiger partial charge >= 0.3 is 19.8 Å². The Hall–Kier alpha value is -1.55. The minimum Gasteiger partial charge on any atom is -0.462 e. The van der Waals surface area contributed by atoms with E-state index in [2.05, 4.69) is 42.7 Å². The highest BCUT2D eigenvalue weighted by Gasteiger charge is 2.27. The summed E-state index contributed by atoms with van der Waals surface area (Å²) in [7, 11) is -4.62. The third-order valence-electron chi connectivity index (χ3n) is 8.83. The lowest BCUT2D eigenvalue weighted by Crippen LogP contribution is -2.29. The maximum Gasteiger partial charge on any atom is 0.472 e. The standard InChI is InChI=1S/C41H77O10P/c1-3-5-7-9-11-13-15-17-19-21-23-25-27-29-31-33-41(45)51-39(37-50-52(46,47)49-35-38(43)34-42)36-48-40(44)32-30-28-26-24-22-20-18-16-14-12-10-8-6-4-2/h16,18,21,23,38-39,42-43H,3-15,17,19-20,22,24-37H2,1-2H3,(H,46,47)/b18-16+,23-21+/t38-,39+/m0/s1. The Morgan fingerprint density at radius 2 is 0.942 bits per heavy atom. The number of allylic oxidation sites excluding steroid dienone is 4. The minimum atomic E-state index is -4.62. The molecule has 0 aliphatic carbocycles. The molecule has 3 N–H and O–H groups in total. The fourth-order valence-electron chi connectivity index (χ4n) is 5.57. The zero-order valence-electron chi connectivity index (χ0n) is 33.0. The molecule has 0 saturated carbocycles. The fraction of sp³-hybridized carbons (Fsp3) is 0.854. The lowest BCUT2D eigenvalue weighted by Gasteiger charge is -2.20. The van der Waals surface area contributed by atoms with Gasteiger partial charge in [-0.3, -0.25) is 18.6 Å². The molecule has 0 radical (unpaired) electrons. The monoisotopic (exact) mass is 761 g/mol. The second-order valence-corrected chi connectivity index (χ2v) is 15.5. The molecule has 0 amide bonds. The second kappa shape index (κ2) is 37.8. The molecular weight excluding hydrogens is 683 g/mol. The highest BCUT2D eigenvalue weighted by Crippen LogP contribution is 2.43. The molecular formula is C41H77O10P. The molecule has 0 aromatic rings. The Labute approximate surface area is 317 Å². The first-order chi connectivity index (χ1) is 25.2. The molecule has 52 heavy (non-hydrogen) atoms. The van der Waals surface area contributed by atoms with Gasteiger partial charge in [-0.05, 0) is 64.2 Å². The minimum absolute atomic E-state index is 0.164. The lowest BCUT2D eigenvalue weighted by molar-refractivity contribution is -0.161. The molecule has 11 heteroatoms. The molecule has 0 bridgehead atoms. The summed E-state index contributed by atoms with van der Waals surface area (Å²) >= 11 is 0. The molecule has 3 atom stereocenters. The number of unbranched alkanes of at least 4 members (excludes halogenated alkanes) is 21. The molecule has 0 aromatic heterocycles. The van der Waals surface area contributed by atoms with Gasteiger partial charge in [-0.15, -0.1) is 0 Å². The van der Waals surface area contributed by atoms with E-state index in [-0.39, 0.29) is 19.4 Å². The van der Waals surface area contributed by atoms with Gasteiger partial charge in [0.15, 0.2) is 6.10 Å². The van der Waals surface area contributed by atoms with Crippen molar-refractivity contribution in [2.24, 2.45) is 0 Å². The number of phosphoric ester groups is 1. The zero-order chi connectivity index (χ0) is 38.4. The molecule has 0 aromatic carbocycles. The van der Waals surface area contributed by atoms with Gasteiger partial charge < -0.3 is 24.6 Å². The van der Waals surface area contributed by atoms with Crippen LogP contribution in [0.15, 0.2) is 24.3 Å². The number of rotatable bonds is 39. The predicted octanol–water partition coefficient (Wildman–Crippen LogP) is 10.6. The summed E-state index contributed by atoms with van der Waals surface area (Å²) in [5, 5.41) is 18.3. The number of aliphatic hydroxyl groups is 2. The summed E-state index contributed by atoms with van der Waals surface area (Å²) in [6.07, 6.45) is 35.7. The normalized spacial score (nSPS) is 14.2. The van der Waals surface area contributed by atoms with Gasteiger partial charge in [0.1, 0.15) is 12.7 Å². The number of carbonyl (C=O) groups excluding carboxylic acids is 2. The third kappa shape index (κ3) is 36.8. The van der Waals surface area contributed by atoms with Crippen LogP contribution in [0.25, 0.3) is 0 Å². The van der Waals surface area contributed by atoms with Crippen molar-refractivity contribution in [2.75, 3.05) is 26.4 Å². The van der Waals surface area contributed by atoms with Crippen LogP contribution in [0.3, 0.4) is 0 Å². The van der Waals surface area contributed by atoms with Gasteiger partial charge in [-0.2, -0.15) is 0 Å². The van der Waals surface area contributed by atoms with Crippen LogP contribution in [0.5, 0.6) is 0 Å². The van der Waals surface area contributed by atoms with Gasteiger partial charge in [-0.25, -0.2) is 4.57 Å². The van der Waals surface area contributed by atoms with Crippen LogP contribution >= 0.6 is 7.82 Å². The summed E-state index contributed by atoms with van der Waals surface area (Å²) in [4.78, 5) is 34.9. The summed E-state index contributed by atoms with van der Waals surface area (Å²) in [5.74, 6) is -0.950. The topological polar surface area (TPSA) is 149 Å². The van der Waals surface area contributed by atoms with Crippen LogP contribution in [0.1, 0.15) is 187 Å². The Bertz CT molecular complexity index is 925. The van der Waals surface area contributed by atoms with E-state index < -0.39 is 51.8 Å². The largest absolute Gasteiger partial charge is 0.472 e. The van der Waals surface area contributed by atoms with Crippen molar-refractivity contribution in [1.29, 1.82) is 0 Å². The van der Waals surface area contributed by atoms with Gasteiger partial charge in [0.2, 0.25) is 0 Å². The third-order valence-corrected chi connectivity index (χ3v) is 9.78. The molecule has 1 unspecified atom stereocenters. The number of aliphatic hydroxyl groups excluding tert-OH is 2. The molecule has 10 nitrogen and oxygen atoms in total. The Kier molecular flexibility index (Phi) is 36.6. The summed E-state index contributed by atoms with van der Waals surface area (Å²) in [6, 6.07) is 0. The van der Waals surface area contributed by atoms with Gasteiger partial charge in [-0.1, -0.05) is 134 Å². The Balaban J connectivity index is 4.35. The van der Waals surface area contributed by atoms with E-state index in [9.17, 15) is 24.2 Å². The number of ether oxygens (including phenoxy) is 2. The first-order valence-electron chi connectivity index (χ1n) is 20.8. The van der Waals surface area contributed by atoms with E-state index in [0.717, 1.165) is 64.2 Å². The number of hydrogen-bond acceptors (Lipinski definition) is 9. The Morgan fingerprint density at radius 3 is 1.40 bits per heavy atom. The van der Waals surface area contributed by atoms with Gasteiger partial charge in [0.05, 0.1) is 19.8 Å². The SMILES string of the molecule is CCCCCCC/C=C/CCCCCCCC(=O)OC[C@H](COP(=O)(O)OC[C@@H](O)CO)OC(=O)CCCCC/C=C/CCCCCCCCCC. The Morgan fingerprint density at radius 1 is 0.558 bits per heavy atom. The van der Waals surface area contributed by atoms with Crippen molar-refractivity contribution in [1.82, 2.24) is 0 Å². The maximum atomic E-state index is 12.6. The van der Waals surface area contributed by atoms with E-state index in [4.69, 9.17) is 19.1 Å². The molecule has 0 spiro atoms. The quantitative estimate of drug-likeness (QED) is 0.0239. The molecule has 0 aliphatic heterocycles. The molecule has 0 heterocycles. The van der Waals surface area contributed by atoms with Crippen LogP contribution < -0.4 is 0 Å². The maximum absolute atomic E-state index is 12.6. The van der Waals surface area contributed by atoms with E-state index >= 15 is 0 Å². The average molecular weight is 761 g/mol. The van der Waals surface area contributed by atoms with Crippen LogP contribution in [0.4, 0.5) is 0 Å². The molecule has 0 fully saturated rings.